The Kier molecular flexibility index (Phi) is 8.05. The molecule has 0 radical (unpaired) electrons. The highest BCUT2D eigenvalue weighted by Crippen LogP contribution is 2.56. The molecular weight excluding hydrogens is 627 g/mol. The zero-order chi connectivity index (χ0) is 34.7. The molecule has 8 aromatic rings. The molecule has 52 heavy (non-hydrogen) atoms. The van der Waals surface area contributed by atoms with Gasteiger partial charge in [-0.15, -0.1) is 0 Å². The summed E-state index contributed by atoms with van der Waals surface area (Å²) in [6, 6.07) is 75.7. The lowest BCUT2D eigenvalue weighted by atomic mass is 9.73. The lowest BCUT2D eigenvalue weighted by Gasteiger charge is -2.30. The maximum Gasteiger partial charge on any atom is 0.108 e. The van der Waals surface area contributed by atoms with Crippen molar-refractivity contribution >= 4 is 17.1 Å². The zero-order valence-electron chi connectivity index (χ0n) is 28.7. The fourth-order valence-electron chi connectivity index (χ4n) is 7.68. The number of hydrogen-bond acceptors (Lipinski definition) is 1. The van der Waals surface area contributed by atoms with Gasteiger partial charge in [-0.2, -0.15) is 0 Å². The van der Waals surface area contributed by atoms with Crippen molar-refractivity contribution in [2.45, 2.75) is 5.41 Å². The van der Waals surface area contributed by atoms with Gasteiger partial charge in [-0.05, 0) is 87.0 Å². The first-order chi connectivity index (χ1) is 25.8. The first-order valence-electron chi connectivity index (χ1n) is 17.8. The van der Waals surface area contributed by atoms with E-state index in [4.69, 9.17) is 0 Å². The molecule has 1 aliphatic carbocycles. The highest BCUT2D eigenvalue weighted by molar-refractivity contribution is 5.97. The summed E-state index contributed by atoms with van der Waals surface area (Å²) in [6.07, 6.45) is 0. The average Bonchev–Trinajstić information content (AvgIpc) is 3.53. The summed E-state index contributed by atoms with van der Waals surface area (Å²) < 4.78 is 0. The molecule has 0 fully saturated rings. The van der Waals surface area contributed by atoms with Crippen LogP contribution in [0, 0.1) is 11.8 Å². The maximum absolute atomic E-state index is 3.87. The molecule has 244 valence electrons. The summed E-state index contributed by atoms with van der Waals surface area (Å²) in [5, 5.41) is 0. The minimum absolute atomic E-state index is 0.668. The molecular formula is C51H35N. The molecule has 9 rings (SSSR count). The van der Waals surface area contributed by atoms with Gasteiger partial charge in [0.2, 0.25) is 0 Å². The van der Waals surface area contributed by atoms with Gasteiger partial charge in [-0.1, -0.05) is 182 Å². The number of anilines is 3. The molecule has 0 saturated heterocycles. The highest BCUT2D eigenvalue weighted by Gasteiger charge is 2.45. The fourth-order valence-corrected chi connectivity index (χ4v) is 7.68. The van der Waals surface area contributed by atoms with E-state index in [2.05, 4.69) is 223 Å². The van der Waals surface area contributed by atoms with E-state index in [-0.39, 0.29) is 0 Å². The van der Waals surface area contributed by atoms with Gasteiger partial charge in [0.25, 0.3) is 0 Å². The van der Waals surface area contributed by atoms with Crippen molar-refractivity contribution in [3.05, 3.63) is 235 Å². The van der Waals surface area contributed by atoms with Crippen molar-refractivity contribution in [3.63, 3.8) is 0 Å². The molecule has 1 heteroatoms. The highest BCUT2D eigenvalue weighted by atomic mass is 15.1. The Morgan fingerprint density at radius 1 is 0.365 bits per heavy atom. The third-order valence-electron chi connectivity index (χ3n) is 10.1. The summed E-state index contributed by atoms with van der Waals surface area (Å²) in [6.45, 7) is 0. The van der Waals surface area contributed by atoms with Crippen LogP contribution in [0.5, 0.6) is 0 Å². The molecule has 0 spiro atoms. The van der Waals surface area contributed by atoms with Crippen LogP contribution in [-0.4, -0.2) is 0 Å². The monoisotopic (exact) mass is 661 g/mol. The molecule has 0 aromatic heterocycles. The Hall–Kier alpha value is -6.88. The number of benzene rings is 8. The van der Waals surface area contributed by atoms with Crippen LogP contribution in [-0.2, 0) is 5.41 Å². The topological polar surface area (TPSA) is 3.24 Å². The van der Waals surface area contributed by atoms with Gasteiger partial charge >= 0.3 is 0 Å². The van der Waals surface area contributed by atoms with E-state index >= 15 is 0 Å². The van der Waals surface area contributed by atoms with Gasteiger partial charge in [0.1, 0.15) is 5.41 Å². The Morgan fingerprint density at radius 3 is 1.40 bits per heavy atom. The third kappa shape index (κ3) is 5.48. The van der Waals surface area contributed by atoms with Crippen molar-refractivity contribution in [1.82, 2.24) is 0 Å². The summed E-state index contributed by atoms with van der Waals surface area (Å²) >= 11 is 0. The number of hydrogen-bond donors (Lipinski definition) is 0. The lowest BCUT2D eigenvalue weighted by Crippen LogP contribution is -2.25. The summed E-state index contributed by atoms with van der Waals surface area (Å²) in [5.74, 6) is 7.47. The quantitative estimate of drug-likeness (QED) is 0.160. The van der Waals surface area contributed by atoms with Crippen molar-refractivity contribution in [2.75, 3.05) is 4.90 Å². The van der Waals surface area contributed by atoms with E-state index < -0.39 is 5.41 Å². The Labute approximate surface area is 306 Å². The van der Waals surface area contributed by atoms with Crippen LogP contribution in [0.4, 0.5) is 17.1 Å². The number of rotatable bonds is 6. The molecule has 0 heterocycles. The summed E-state index contributed by atoms with van der Waals surface area (Å²) in [7, 11) is 0. The van der Waals surface area contributed by atoms with E-state index in [0.29, 0.717) is 0 Å². The smallest absolute Gasteiger partial charge is 0.108 e. The van der Waals surface area contributed by atoms with Crippen LogP contribution in [0.25, 0.3) is 33.4 Å². The van der Waals surface area contributed by atoms with Crippen molar-refractivity contribution in [3.8, 4) is 45.2 Å². The zero-order valence-corrected chi connectivity index (χ0v) is 28.7. The molecule has 0 saturated carbocycles. The normalized spacial score (nSPS) is 14.1. The molecule has 0 N–H and O–H groups in total. The molecule has 0 amide bonds. The standard InChI is InChI=1S/C51H35N/c1-5-16-38(17-6-1)36-37-51(43-22-11-4-12-23-43)47-25-14-13-24-46(47)50-48(51)26-15-27-49(50)52(44-32-28-41(29-33-44)39-18-7-2-8-19-39)45-34-30-42(31-35-45)40-20-9-3-10-21-40/h1-35H. The van der Waals surface area contributed by atoms with Gasteiger partial charge in [0.15, 0.2) is 0 Å². The fraction of sp³-hybridized carbons (Fsp3) is 0.0196. The Morgan fingerprint density at radius 2 is 0.827 bits per heavy atom. The second-order valence-corrected chi connectivity index (χ2v) is 13.1. The summed E-state index contributed by atoms with van der Waals surface area (Å²) in [5.41, 5.74) is 14.3. The van der Waals surface area contributed by atoms with Crippen LogP contribution in [0.15, 0.2) is 212 Å². The molecule has 8 aromatic carbocycles. The van der Waals surface area contributed by atoms with Crippen LogP contribution in [0.3, 0.4) is 0 Å². The lowest BCUT2D eigenvalue weighted by molar-refractivity contribution is 0.837. The molecule has 0 aliphatic heterocycles. The van der Waals surface area contributed by atoms with Crippen molar-refractivity contribution in [2.24, 2.45) is 0 Å². The van der Waals surface area contributed by atoms with E-state index in [1.54, 1.807) is 0 Å². The van der Waals surface area contributed by atoms with Gasteiger partial charge in [0.05, 0.1) is 5.69 Å². The van der Waals surface area contributed by atoms with Crippen LogP contribution < -0.4 is 4.90 Å². The minimum Gasteiger partial charge on any atom is -0.310 e. The van der Waals surface area contributed by atoms with E-state index in [1.165, 1.54) is 44.5 Å². The largest absolute Gasteiger partial charge is 0.310 e. The molecule has 1 unspecified atom stereocenters. The van der Waals surface area contributed by atoms with Gasteiger partial charge in [0, 0.05) is 22.5 Å². The third-order valence-corrected chi connectivity index (χ3v) is 10.1. The molecule has 1 atom stereocenters. The second kappa shape index (κ2) is 13.4. The first-order valence-corrected chi connectivity index (χ1v) is 17.8. The van der Waals surface area contributed by atoms with Crippen LogP contribution in [0.1, 0.15) is 22.3 Å². The molecule has 0 bridgehead atoms. The van der Waals surface area contributed by atoms with Gasteiger partial charge < -0.3 is 4.90 Å². The number of nitrogens with zero attached hydrogens (tertiary/aromatic N) is 1. The van der Waals surface area contributed by atoms with Gasteiger partial charge in [-0.3, -0.25) is 0 Å². The van der Waals surface area contributed by atoms with Crippen molar-refractivity contribution in [1.29, 1.82) is 0 Å². The first kappa shape index (κ1) is 31.1. The Bertz CT molecular complexity index is 2450. The minimum atomic E-state index is -0.668. The second-order valence-electron chi connectivity index (χ2n) is 13.1. The summed E-state index contributed by atoms with van der Waals surface area (Å²) in [4.78, 5) is 2.41. The van der Waals surface area contributed by atoms with Gasteiger partial charge in [-0.25, -0.2) is 0 Å². The average molecular weight is 662 g/mol. The predicted molar refractivity (Wildman–Crippen MR) is 217 cm³/mol. The van der Waals surface area contributed by atoms with E-state index in [9.17, 15) is 0 Å². The van der Waals surface area contributed by atoms with Crippen molar-refractivity contribution < 1.29 is 0 Å². The number of fused-ring (bicyclic) bond motifs is 3. The van der Waals surface area contributed by atoms with E-state index in [0.717, 1.165) is 28.2 Å². The SMILES string of the molecule is C(#CC1(c2ccccc2)c2ccccc2-c2c(N(c3ccc(-c4ccccc4)cc3)c3ccc(-c4ccccc4)cc3)cccc21)c1ccccc1. The van der Waals surface area contributed by atoms with Crippen LogP contribution >= 0.6 is 0 Å². The molecule has 1 nitrogen and oxygen atoms in total. The Balaban J connectivity index is 1.28. The van der Waals surface area contributed by atoms with E-state index in [1.807, 2.05) is 6.07 Å². The molecule has 1 aliphatic rings. The maximum atomic E-state index is 3.87. The predicted octanol–water partition coefficient (Wildman–Crippen LogP) is 12.9. The van der Waals surface area contributed by atoms with Crippen LogP contribution in [0.2, 0.25) is 0 Å².